The summed E-state index contributed by atoms with van der Waals surface area (Å²) < 4.78 is 11.0. The standard InChI is InChI=1S/C17H11ClN4O2/c18-13-6-5-10(9-20-13)14-15(11-3-1-7-23-11)21-17(19)22-16(14)12-4-2-8-24-12/h1-9H,(H2,19,21,22). The maximum atomic E-state index is 5.90. The molecule has 7 heteroatoms. The predicted molar refractivity (Wildman–Crippen MR) is 90.1 cm³/mol. The van der Waals surface area contributed by atoms with E-state index in [1.807, 2.05) is 6.07 Å². The molecule has 0 atom stereocenters. The topological polar surface area (TPSA) is 91.0 Å². The third-order valence-electron chi connectivity index (χ3n) is 3.45. The molecule has 0 aliphatic rings. The smallest absolute Gasteiger partial charge is 0.221 e. The van der Waals surface area contributed by atoms with Gasteiger partial charge in [0.2, 0.25) is 5.95 Å². The van der Waals surface area contributed by atoms with Crippen molar-refractivity contribution >= 4 is 17.5 Å². The average molecular weight is 339 g/mol. The van der Waals surface area contributed by atoms with Crippen LogP contribution in [0.15, 0.2) is 64.0 Å². The van der Waals surface area contributed by atoms with E-state index in [1.165, 1.54) is 0 Å². The van der Waals surface area contributed by atoms with Crippen LogP contribution < -0.4 is 5.73 Å². The average Bonchev–Trinajstić information content (AvgIpc) is 3.29. The highest BCUT2D eigenvalue weighted by Gasteiger charge is 2.21. The number of rotatable bonds is 3. The van der Waals surface area contributed by atoms with Gasteiger partial charge in [-0.2, -0.15) is 0 Å². The Hall–Kier alpha value is -3.12. The lowest BCUT2D eigenvalue weighted by Crippen LogP contribution is -2.02. The Bertz CT molecular complexity index is 909. The lowest BCUT2D eigenvalue weighted by Gasteiger charge is -2.12. The molecule has 0 saturated heterocycles. The number of hydrogen-bond donors (Lipinski definition) is 1. The minimum Gasteiger partial charge on any atom is -0.463 e. The molecule has 4 aromatic rings. The molecule has 0 aliphatic heterocycles. The first-order valence-electron chi connectivity index (χ1n) is 7.09. The van der Waals surface area contributed by atoms with Gasteiger partial charge in [-0.05, 0) is 36.4 Å². The van der Waals surface area contributed by atoms with Crippen molar-refractivity contribution in [1.82, 2.24) is 15.0 Å². The number of anilines is 1. The summed E-state index contributed by atoms with van der Waals surface area (Å²) in [6.07, 6.45) is 4.80. The van der Waals surface area contributed by atoms with Gasteiger partial charge in [0.25, 0.3) is 0 Å². The molecule has 4 aromatic heterocycles. The van der Waals surface area contributed by atoms with Crippen LogP contribution >= 0.6 is 11.6 Å². The molecule has 0 saturated carbocycles. The van der Waals surface area contributed by atoms with Crippen LogP contribution in [0.2, 0.25) is 5.15 Å². The van der Waals surface area contributed by atoms with Crippen LogP contribution in [0.25, 0.3) is 34.0 Å². The van der Waals surface area contributed by atoms with Crippen LogP contribution in [0, 0.1) is 0 Å². The van der Waals surface area contributed by atoms with E-state index in [4.69, 9.17) is 26.2 Å². The first-order valence-corrected chi connectivity index (χ1v) is 7.47. The lowest BCUT2D eigenvalue weighted by molar-refractivity contribution is 0.577. The zero-order valence-electron chi connectivity index (χ0n) is 12.3. The number of aromatic nitrogens is 3. The summed E-state index contributed by atoms with van der Waals surface area (Å²) in [6.45, 7) is 0. The molecule has 0 spiro atoms. The second kappa shape index (κ2) is 5.82. The van der Waals surface area contributed by atoms with Gasteiger partial charge in [0.05, 0.1) is 12.5 Å². The second-order valence-electron chi connectivity index (χ2n) is 4.98. The van der Waals surface area contributed by atoms with Crippen LogP contribution in [-0.2, 0) is 0 Å². The molecule has 4 rings (SSSR count). The molecule has 0 radical (unpaired) electrons. The summed E-state index contributed by atoms with van der Waals surface area (Å²) in [4.78, 5) is 12.9. The van der Waals surface area contributed by atoms with E-state index >= 15 is 0 Å². The molecular weight excluding hydrogens is 328 g/mol. The molecule has 0 aromatic carbocycles. The van der Waals surface area contributed by atoms with E-state index in [0.717, 1.165) is 5.56 Å². The van der Waals surface area contributed by atoms with Crippen molar-refractivity contribution in [1.29, 1.82) is 0 Å². The van der Waals surface area contributed by atoms with Crippen LogP contribution in [0.1, 0.15) is 0 Å². The third kappa shape index (κ3) is 2.53. The third-order valence-corrected chi connectivity index (χ3v) is 3.68. The van der Waals surface area contributed by atoms with Crippen molar-refractivity contribution in [3.8, 4) is 34.0 Å². The molecule has 24 heavy (non-hydrogen) atoms. The molecular formula is C17H11ClN4O2. The molecule has 118 valence electrons. The monoisotopic (exact) mass is 338 g/mol. The van der Waals surface area contributed by atoms with Crippen molar-refractivity contribution in [3.05, 3.63) is 60.3 Å². The second-order valence-corrected chi connectivity index (χ2v) is 5.37. The van der Waals surface area contributed by atoms with Crippen molar-refractivity contribution in [2.45, 2.75) is 0 Å². The van der Waals surface area contributed by atoms with Gasteiger partial charge in [-0.1, -0.05) is 11.6 Å². The molecule has 0 bridgehead atoms. The summed E-state index contributed by atoms with van der Waals surface area (Å²) in [5.41, 5.74) is 8.50. The highest BCUT2D eigenvalue weighted by atomic mass is 35.5. The van der Waals surface area contributed by atoms with Crippen molar-refractivity contribution in [2.75, 3.05) is 5.73 Å². The number of nitrogen functional groups attached to an aromatic ring is 1. The van der Waals surface area contributed by atoms with Gasteiger partial charge >= 0.3 is 0 Å². The molecule has 4 heterocycles. The van der Waals surface area contributed by atoms with Gasteiger partial charge in [-0.3, -0.25) is 0 Å². The zero-order chi connectivity index (χ0) is 16.5. The number of pyridine rings is 1. The van der Waals surface area contributed by atoms with E-state index in [1.54, 1.807) is 49.1 Å². The van der Waals surface area contributed by atoms with E-state index in [-0.39, 0.29) is 5.95 Å². The fourth-order valence-corrected chi connectivity index (χ4v) is 2.57. The predicted octanol–water partition coefficient (Wildman–Crippen LogP) is 4.29. The quantitative estimate of drug-likeness (QED) is 0.560. The summed E-state index contributed by atoms with van der Waals surface area (Å²) in [5, 5.41) is 0.397. The number of nitrogens with two attached hydrogens (primary N) is 1. The van der Waals surface area contributed by atoms with Gasteiger partial charge in [-0.25, -0.2) is 15.0 Å². The van der Waals surface area contributed by atoms with Crippen LogP contribution in [-0.4, -0.2) is 15.0 Å². The van der Waals surface area contributed by atoms with Crippen molar-refractivity contribution < 1.29 is 8.83 Å². The highest BCUT2D eigenvalue weighted by Crippen LogP contribution is 2.38. The maximum Gasteiger partial charge on any atom is 0.221 e. The molecule has 6 nitrogen and oxygen atoms in total. The number of furan rings is 2. The van der Waals surface area contributed by atoms with Crippen LogP contribution in [0.4, 0.5) is 5.95 Å². The fourth-order valence-electron chi connectivity index (χ4n) is 2.46. The van der Waals surface area contributed by atoms with Gasteiger partial charge in [0.15, 0.2) is 11.5 Å². The minimum atomic E-state index is 0.124. The van der Waals surface area contributed by atoms with Gasteiger partial charge in [0, 0.05) is 17.3 Å². The molecule has 0 unspecified atom stereocenters. The Kier molecular flexibility index (Phi) is 3.51. The van der Waals surface area contributed by atoms with E-state index in [0.29, 0.717) is 33.6 Å². The number of halogens is 1. The molecule has 0 amide bonds. The molecule has 2 N–H and O–H groups in total. The molecule has 0 aliphatic carbocycles. The van der Waals surface area contributed by atoms with Gasteiger partial charge in [0.1, 0.15) is 16.5 Å². The zero-order valence-corrected chi connectivity index (χ0v) is 13.1. The summed E-state index contributed by atoms with van der Waals surface area (Å²) >= 11 is 5.90. The summed E-state index contributed by atoms with van der Waals surface area (Å²) in [5.74, 6) is 1.27. The Morgan fingerprint density at radius 3 is 1.96 bits per heavy atom. The van der Waals surface area contributed by atoms with Crippen LogP contribution in [0.3, 0.4) is 0 Å². The largest absolute Gasteiger partial charge is 0.463 e. The number of nitrogens with zero attached hydrogens (tertiary/aromatic N) is 3. The van der Waals surface area contributed by atoms with Gasteiger partial charge < -0.3 is 14.6 Å². The lowest BCUT2D eigenvalue weighted by atomic mass is 10.0. The first kappa shape index (κ1) is 14.5. The first-order chi connectivity index (χ1) is 11.7. The Morgan fingerprint density at radius 1 is 0.875 bits per heavy atom. The Morgan fingerprint density at radius 2 is 1.50 bits per heavy atom. The van der Waals surface area contributed by atoms with E-state index in [2.05, 4.69) is 15.0 Å². The van der Waals surface area contributed by atoms with Crippen molar-refractivity contribution in [2.24, 2.45) is 0 Å². The summed E-state index contributed by atoms with van der Waals surface area (Å²) in [6, 6.07) is 10.7. The summed E-state index contributed by atoms with van der Waals surface area (Å²) in [7, 11) is 0. The normalized spacial score (nSPS) is 10.9. The van der Waals surface area contributed by atoms with Crippen LogP contribution in [0.5, 0.6) is 0 Å². The Balaban J connectivity index is 2.05. The van der Waals surface area contributed by atoms with E-state index < -0.39 is 0 Å². The SMILES string of the molecule is Nc1nc(-c2ccco2)c(-c2ccc(Cl)nc2)c(-c2ccco2)n1. The highest BCUT2D eigenvalue weighted by molar-refractivity contribution is 6.29. The fraction of sp³-hybridized carbons (Fsp3) is 0. The maximum absolute atomic E-state index is 5.90. The van der Waals surface area contributed by atoms with E-state index in [9.17, 15) is 0 Å². The van der Waals surface area contributed by atoms with Gasteiger partial charge in [-0.15, -0.1) is 0 Å². The van der Waals surface area contributed by atoms with Crippen molar-refractivity contribution in [3.63, 3.8) is 0 Å². The molecule has 0 fully saturated rings. The number of hydrogen-bond acceptors (Lipinski definition) is 6. The minimum absolute atomic E-state index is 0.124. The Labute approximate surface area is 141 Å².